The molecule has 1 atom stereocenters. The van der Waals surface area contributed by atoms with E-state index < -0.39 is 0 Å². The smallest absolute Gasteiger partial charge is 0.233 e. The number of nitrogens with one attached hydrogen (secondary N) is 1. The van der Waals surface area contributed by atoms with Gasteiger partial charge in [-0.05, 0) is 50.1 Å². The van der Waals surface area contributed by atoms with E-state index in [0.29, 0.717) is 5.92 Å². The fraction of sp³-hybridized carbons (Fsp3) is 0.600. The summed E-state index contributed by atoms with van der Waals surface area (Å²) in [5.41, 5.74) is 1.92. The van der Waals surface area contributed by atoms with E-state index in [2.05, 4.69) is 29.1 Å². The van der Waals surface area contributed by atoms with Gasteiger partial charge >= 0.3 is 0 Å². The average molecular weight is 358 g/mol. The van der Waals surface area contributed by atoms with Crippen molar-refractivity contribution in [2.45, 2.75) is 26.2 Å². The molecule has 6 nitrogen and oxygen atoms in total. The van der Waals surface area contributed by atoms with Crippen LogP contribution in [0, 0.1) is 5.92 Å². The Kier molecular flexibility index (Phi) is 6.14. The Morgan fingerprint density at radius 3 is 2.42 bits per heavy atom. The second kappa shape index (κ2) is 8.54. The minimum Gasteiger partial charge on any atom is -0.369 e. The number of hydrogen-bond acceptors (Lipinski definition) is 4. The van der Waals surface area contributed by atoms with Crippen molar-refractivity contribution in [1.29, 1.82) is 0 Å². The highest BCUT2D eigenvalue weighted by atomic mass is 16.2. The molecule has 142 valence electrons. The van der Waals surface area contributed by atoms with Crippen molar-refractivity contribution >= 4 is 23.2 Å². The molecule has 2 aliphatic rings. The lowest BCUT2D eigenvalue weighted by atomic mass is 10.00. The highest BCUT2D eigenvalue weighted by Crippen LogP contribution is 2.20. The molecule has 1 N–H and O–H groups in total. The molecule has 2 heterocycles. The number of piperazine rings is 1. The minimum atomic E-state index is -0.236. The van der Waals surface area contributed by atoms with E-state index in [9.17, 15) is 9.59 Å². The van der Waals surface area contributed by atoms with Crippen LogP contribution in [0.5, 0.6) is 0 Å². The molecule has 2 amide bonds. The molecule has 3 rings (SSSR count). The molecule has 0 aliphatic carbocycles. The summed E-state index contributed by atoms with van der Waals surface area (Å²) in [5.74, 6) is 0.224. The average Bonchev–Trinajstić information content (AvgIpc) is 2.63. The maximum absolute atomic E-state index is 12.3. The first kappa shape index (κ1) is 18.7. The van der Waals surface area contributed by atoms with Crippen LogP contribution in [-0.4, -0.2) is 67.9 Å². The quantitative estimate of drug-likeness (QED) is 0.837. The van der Waals surface area contributed by atoms with Crippen molar-refractivity contribution in [2.24, 2.45) is 5.92 Å². The number of amides is 2. The van der Waals surface area contributed by atoms with Gasteiger partial charge in [0.2, 0.25) is 11.8 Å². The van der Waals surface area contributed by atoms with Crippen LogP contribution in [0.2, 0.25) is 0 Å². The number of hydrogen-bond donors (Lipinski definition) is 1. The number of piperidine rings is 1. The van der Waals surface area contributed by atoms with Crippen LogP contribution < -0.4 is 10.2 Å². The van der Waals surface area contributed by atoms with Crippen LogP contribution in [0.4, 0.5) is 11.4 Å². The van der Waals surface area contributed by atoms with Crippen LogP contribution in [-0.2, 0) is 9.59 Å². The lowest BCUT2D eigenvalue weighted by Crippen LogP contribution is -2.44. The van der Waals surface area contributed by atoms with E-state index in [0.717, 1.165) is 57.8 Å². The van der Waals surface area contributed by atoms with Crippen molar-refractivity contribution in [3.05, 3.63) is 24.3 Å². The summed E-state index contributed by atoms with van der Waals surface area (Å²) >= 11 is 0. The number of rotatable bonds is 4. The molecule has 2 fully saturated rings. The lowest BCUT2D eigenvalue weighted by Gasteiger charge is -2.34. The molecule has 6 heteroatoms. The second-order valence-electron chi connectivity index (χ2n) is 7.65. The van der Waals surface area contributed by atoms with E-state index in [4.69, 9.17) is 0 Å². The Morgan fingerprint density at radius 1 is 1.08 bits per heavy atom. The van der Waals surface area contributed by atoms with Gasteiger partial charge in [-0.15, -0.1) is 0 Å². The van der Waals surface area contributed by atoms with Gasteiger partial charge in [-0.2, -0.15) is 0 Å². The normalized spacial score (nSPS) is 21.5. The third-order valence-corrected chi connectivity index (χ3v) is 5.34. The first-order valence-electron chi connectivity index (χ1n) is 9.62. The number of anilines is 2. The molecular weight excluding hydrogens is 328 g/mol. The third-order valence-electron chi connectivity index (χ3n) is 5.34. The Balaban J connectivity index is 1.49. The van der Waals surface area contributed by atoms with Gasteiger partial charge in [-0.25, -0.2) is 0 Å². The van der Waals surface area contributed by atoms with Crippen molar-refractivity contribution in [2.75, 3.05) is 56.5 Å². The highest BCUT2D eigenvalue weighted by molar-refractivity contribution is 6.03. The van der Waals surface area contributed by atoms with Gasteiger partial charge in [0.25, 0.3) is 0 Å². The summed E-state index contributed by atoms with van der Waals surface area (Å²) in [4.78, 5) is 31.0. The summed E-state index contributed by atoms with van der Waals surface area (Å²) < 4.78 is 0. The van der Waals surface area contributed by atoms with E-state index in [1.807, 2.05) is 29.2 Å². The summed E-state index contributed by atoms with van der Waals surface area (Å²) in [5, 5.41) is 2.85. The van der Waals surface area contributed by atoms with Crippen LogP contribution >= 0.6 is 0 Å². The summed E-state index contributed by atoms with van der Waals surface area (Å²) in [7, 11) is 2.14. The molecule has 0 saturated carbocycles. The van der Waals surface area contributed by atoms with Gasteiger partial charge in [0, 0.05) is 50.6 Å². The number of likely N-dealkylation sites (tertiary alicyclic amines) is 1. The largest absolute Gasteiger partial charge is 0.369 e. The number of carbonyl (C=O) groups excluding carboxylic acids is 2. The highest BCUT2D eigenvalue weighted by Gasteiger charge is 2.22. The third kappa shape index (κ3) is 4.97. The van der Waals surface area contributed by atoms with Crippen molar-refractivity contribution < 1.29 is 9.59 Å². The topological polar surface area (TPSA) is 55.9 Å². The Hall–Kier alpha value is -2.08. The molecule has 0 radical (unpaired) electrons. The van der Waals surface area contributed by atoms with E-state index >= 15 is 0 Å². The van der Waals surface area contributed by atoms with Crippen LogP contribution in [0.15, 0.2) is 24.3 Å². The van der Waals surface area contributed by atoms with Crippen LogP contribution in [0.3, 0.4) is 0 Å². The standard InChI is InChI=1S/C20H30N4O2/c1-16-4-3-9-24(15-16)20(26)14-19(25)21-17-5-7-18(8-6-17)23-12-10-22(2)11-13-23/h5-8,16H,3-4,9-15H2,1-2H3,(H,21,25). The van der Waals surface area contributed by atoms with Crippen molar-refractivity contribution in [3.8, 4) is 0 Å². The Bertz CT molecular complexity index is 623. The molecule has 0 aromatic heterocycles. The van der Waals surface area contributed by atoms with Crippen LogP contribution in [0.1, 0.15) is 26.2 Å². The van der Waals surface area contributed by atoms with Crippen molar-refractivity contribution in [1.82, 2.24) is 9.80 Å². The summed E-state index contributed by atoms with van der Waals surface area (Å²) in [6, 6.07) is 7.90. The molecule has 1 aromatic rings. The Morgan fingerprint density at radius 2 is 1.77 bits per heavy atom. The Labute approximate surface area is 156 Å². The van der Waals surface area contributed by atoms with Gasteiger partial charge in [0.1, 0.15) is 6.42 Å². The maximum atomic E-state index is 12.3. The van der Waals surface area contributed by atoms with Crippen LogP contribution in [0.25, 0.3) is 0 Å². The van der Waals surface area contributed by atoms with E-state index in [-0.39, 0.29) is 18.2 Å². The number of nitrogens with zero attached hydrogens (tertiary/aromatic N) is 3. The number of likely N-dealkylation sites (N-methyl/N-ethyl adjacent to an activating group) is 1. The summed E-state index contributed by atoms with van der Waals surface area (Å²) in [6.07, 6.45) is 2.12. The second-order valence-corrected chi connectivity index (χ2v) is 7.65. The molecule has 2 saturated heterocycles. The fourth-order valence-corrected chi connectivity index (χ4v) is 3.69. The number of carbonyl (C=O) groups is 2. The predicted octanol–water partition coefficient (Wildman–Crippen LogP) is 2.03. The zero-order chi connectivity index (χ0) is 18.5. The predicted molar refractivity (Wildman–Crippen MR) is 104 cm³/mol. The fourth-order valence-electron chi connectivity index (χ4n) is 3.69. The maximum Gasteiger partial charge on any atom is 0.233 e. The van der Waals surface area contributed by atoms with Gasteiger partial charge in [0.15, 0.2) is 0 Å². The summed E-state index contributed by atoms with van der Waals surface area (Å²) in [6.45, 7) is 7.87. The minimum absolute atomic E-state index is 0.0666. The first-order chi connectivity index (χ1) is 12.5. The molecule has 0 bridgehead atoms. The van der Waals surface area contributed by atoms with Crippen molar-refractivity contribution in [3.63, 3.8) is 0 Å². The zero-order valence-corrected chi connectivity index (χ0v) is 15.9. The SMILES string of the molecule is CC1CCCN(C(=O)CC(=O)Nc2ccc(N3CCN(C)CC3)cc2)C1. The van der Waals surface area contributed by atoms with Gasteiger partial charge < -0.3 is 20.0 Å². The van der Waals surface area contributed by atoms with E-state index in [1.165, 1.54) is 5.69 Å². The van der Waals surface area contributed by atoms with Gasteiger partial charge in [-0.3, -0.25) is 9.59 Å². The molecule has 1 aromatic carbocycles. The van der Waals surface area contributed by atoms with Gasteiger partial charge in [-0.1, -0.05) is 6.92 Å². The van der Waals surface area contributed by atoms with E-state index in [1.54, 1.807) is 0 Å². The molecule has 2 aliphatic heterocycles. The first-order valence-corrected chi connectivity index (χ1v) is 9.62. The van der Waals surface area contributed by atoms with Gasteiger partial charge in [0.05, 0.1) is 0 Å². The monoisotopic (exact) mass is 358 g/mol. The molecule has 26 heavy (non-hydrogen) atoms. The molecular formula is C20H30N4O2. The zero-order valence-electron chi connectivity index (χ0n) is 15.9. The molecule has 0 spiro atoms. The lowest BCUT2D eigenvalue weighted by molar-refractivity contribution is -0.136. The number of benzene rings is 1. The molecule has 1 unspecified atom stereocenters.